The Morgan fingerprint density at radius 1 is 0.955 bits per heavy atom. The molecule has 6 heteroatoms. The van der Waals surface area contributed by atoms with Crippen LogP contribution in [0.3, 0.4) is 0 Å². The number of fused-ring (bicyclic) bond motifs is 1. The molecule has 1 aromatic carbocycles. The first-order valence-electron chi connectivity index (χ1n) is 5.98. The molecule has 0 aromatic heterocycles. The molecule has 114 valence electrons. The van der Waals surface area contributed by atoms with Gasteiger partial charge in [-0.25, -0.2) is 0 Å². The number of rotatable bonds is 0. The van der Waals surface area contributed by atoms with Crippen LogP contribution in [0.15, 0.2) is 24.3 Å². The quantitative estimate of drug-likeness (QED) is 0.537. The summed E-state index contributed by atoms with van der Waals surface area (Å²) >= 11 is 0. The number of hydrogen-bond acceptors (Lipinski definition) is 2. The summed E-state index contributed by atoms with van der Waals surface area (Å²) in [6, 6.07) is 7.15. The summed E-state index contributed by atoms with van der Waals surface area (Å²) in [5.41, 5.74) is 1.21. The molecule has 0 radical (unpaired) electrons. The van der Waals surface area contributed by atoms with Gasteiger partial charge in [0.15, 0.2) is 11.6 Å². The van der Waals surface area contributed by atoms with E-state index in [1.54, 1.807) is 12.1 Å². The second kappa shape index (κ2) is 15.7. The van der Waals surface area contributed by atoms with Crippen LogP contribution in [0.1, 0.15) is 46.9 Å². The van der Waals surface area contributed by atoms with Crippen molar-refractivity contribution in [2.75, 3.05) is 0 Å². The third-order valence-corrected chi connectivity index (χ3v) is 2.98. The molecule has 1 aliphatic rings. The number of ketones is 2. The van der Waals surface area contributed by atoms with Crippen molar-refractivity contribution < 1.29 is 40.9 Å². The zero-order valence-electron chi connectivity index (χ0n) is 12.0. The molecule has 0 saturated heterocycles. The molecule has 2 rings (SSSR count). The minimum atomic E-state index is 0. The van der Waals surface area contributed by atoms with Gasteiger partial charge < -0.3 is 0 Å². The van der Waals surface area contributed by atoms with Crippen molar-refractivity contribution in [1.82, 2.24) is 0 Å². The van der Waals surface area contributed by atoms with E-state index >= 15 is 0 Å². The fourth-order valence-corrected chi connectivity index (χ4v) is 2.04. The van der Waals surface area contributed by atoms with Crippen molar-refractivity contribution in [3.05, 3.63) is 55.3 Å². The van der Waals surface area contributed by atoms with Gasteiger partial charge in [-0.3, -0.25) is 9.59 Å². The summed E-state index contributed by atoms with van der Waals surface area (Å²) in [6.45, 7) is 15.4. The van der Waals surface area contributed by atoms with Crippen LogP contribution >= 0.6 is 0 Å². The first kappa shape index (κ1) is 25.3. The van der Waals surface area contributed by atoms with Crippen molar-refractivity contribution >= 4 is 11.6 Å². The molecule has 0 amide bonds. The van der Waals surface area contributed by atoms with Crippen LogP contribution in [0.4, 0.5) is 0 Å². The van der Waals surface area contributed by atoms with Gasteiger partial charge in [0.05, 0.1) is 0 Å². The van der Waals surface area contributed by atoms with Gasteiger partial charge in [0, 0.05) is 40.8 Å². The molecule has 22 heavy (non-hydrogen) atoms. The fourth-order valence-electron chi connectivity index (χ4n) is 2.04. The number of benzene rings is 1. The van der Waals surface area contributed by atoms with Crippen LogP contribution in [0.5, 0.6) is 0 Å². The average Bonchev–Trinajstić information content (AvgIpc) is 2.58. The Morgan fingerprint density at radius 2 is 1.41 bits per heavy atom. The van der Waals surface area contributed by atoms with E-state index in [4.69, 9.17) is 14.0 Å². The molecule has 0 heterocycles. The van der Waals surface area contributed by atoms with Gasteiger partial charge >= 0.3 is 33.9 Å². The standard InChI is InChI=1S/C13H14O2.3CO.Cr/c1-9-5-4-8-12(14)10-6-2-3-7-11(10)13(9)15;3*1-2;/h2-3,6-7,9H,4-5,8H2,1H3;;;;. The molecule has 0 bridgehead atoms. The summed E-state index contributed by atoms with van der Waals surface area (Å²) in [7, 11) is 0. The molecule has 1 aliphatic carbocycles. The van der Waals surface area contributed by atoms with Gasteiger partial charge in [-0.15, -0.1) is 0 Å². The van der Waals surface area contributed by atoms with Crippen molar-refractivity contribution in [2.24, 2.45) is 5.92 Å². The number of carbonyl (C=O) groups is 2. The van der Waals surface area contributed by atoms with Crippen LogP contribution in [0.25, 0.3) is 0 Å². The summed E-state index contributed by atoms with van der Waals surface area (Å²) in [6.07, 6.45) is 2.20. The van der Waals surface area contributed by atoms with E-state index in [-0.39, 0.29) is 34.8 Å². The molecule has 0 saturated carbocycles. The largest absolute Gasteiger partial charge is 0 e. The summed E-state index contributed by atoms with van der Waals surface area (Å²) in [5.74, 6) is 0.253. The third kappa shape index (κ3) is 7.36. The molecule has 1 unspecified atom stereocenters. The van der Waals surface area contributed by atoms with E-state index in [0.29, 0.717) is 17.5 Å². The molecule has 0 aliphatic heterocycles. The second-order valence-electron chi connectivity index (χ2n) is 4.13. The number of Topliss-reactive ketones (excluding diaryl/α,β-unsaturated/α-hetero) is 2. The third-order valence-electron chi connectivity index (χ3n) is 2.98. The second-order valence-corrected chi connectivity index (χ2v) is 4.13. The first-order valence-corrected chi connectivity index (χ1v) is 5.98. The van der Waals surface area contributed by atoms with Gasteiger partial charge in [0.25, 0.3) is 0 Å². The maximum atomic E-state index is 12.0. The van der Waals surface area contributed by atoms with E-state index in [2.05, 4.69) is 20.0 Å². The van der Waals surface area contributed by atoms with Crippen LogP contribution in [-0.4, -0.2) is 11.6 Å². The Balaban J connectivity index is -0.000000463. The Hall–Kier alpha value is -1.69. The van der Waals surface area contributed by atoms with Gasteiger partial charge in [0.2, 0.25) is 0 Å². The van der Waals surface area contributed by atoms with Crippen molar-refractivity contribution in [3.8, 4) is 0 Å². The van der Waals surface area contributed by atoms with Crippen LogP contribution < -0.4 is 0 Å². The Kier molecular flexibility index (Phi) is 18.0. The molecule has 0 spiro atoms. The van der Waals surface area contributed by atoms with Gasteiger partial charge in [-0.1, -0.05) is 31.2 Å². The Labute approximate surface area is 140 Å². The van der Waals surface area contributed by atoms with Crippen molar-refractivity contribution in [2.45, 2.75) is 26.2 Å². The molecule has 5 nitrogen and oxygen atoms in total. The van der Waals surface area contributed by atoms with Crippen molar-refractivity contribution in [1.29, 1.82) is 0 Å². The first-order chi connectivity index (χ1) is 10.2. The summed E-state index contributed by atoms with van der Waals surface area (Å²) in [5, 5.41) is 0. The topological polar surface area (TPSA) is 93.8 Å². The molecular formula is C16H14CrO5. The minimum absolute atomic E-state index is 0. The van der Waals surface area contributed by atoms with Gasteiger partial charge in [0.1, 0.15) is 0 Å². The SMILES string of the molecule is CC1CCCC(=O)c2ccccc2C1=O.[C-]#[O+].[C-]#[O+].[C-]#[O+].[Cr]. The maximum absolute atomic E-state index is 12.0. The zero-order chi connectivity index (χ0) is 16.8. The van der Waals surface area contributed by atoms with E-state index < -0.39 is 0 Å². The molecule has 1 atom stereocenters. The molecular weight excluding hydrogens is 324 g/mol. The maximum Gasteiger partial charge on any atom is 0 e. The predicted molar refractivity (Wildman–Crippen MR) is 69.9 cm³/mol. The van der Waals surface area contributed by atoms with E-state index in [1.807, 2.05) is 19.1 Å². The van der Waals surface area contributed by atoms with E-state index in [1.165, 1.54) is 0 Å². The van der Waals surface area contributed by atoms with E-state index in [0.717, 1.165) is 12.8 Å². The molecule has 0 N–H and O–H groups in total. The van der Waals surface area contributed by atoms with Crippen molar-refractivity contribution in [3.63, 3.8) is 0 Å². The zero-order valence-corrected chi connectivity index (χ0v) is 13.2. The average molecular weight is 338 g/mol. The summed E-state index contributed by atoms with van der Waals surface area (Å²) in [4.78, 5) is 23.7. The van der Waals surface area contributed by atoms with Crippen LogP contribution in [-0.2, 0) is 31.3 Å². The number of carbonyl (C=O) groups excluding carboxylic acids is 2. The van der Waals surface area contributed by atoms with E-state index in [9.17, 15) is 9.59 Å². The Bertz CT molecular complexity index is 517. The number of hydrogen-bond donors (Lipinski definition) is 0. The fraction of sp³-hybridized carbons (Fsp3) is 0.312. The Morgan fingerprint density at radius 3 is 1.91 bits per heavy atom. The molecule has 0 fully saturated rings. The van der Waals surface area contributed by atoms with Crippen LogP contribution in [0, 0.1) is 25.9 Å². The van der Waals surface area contributed by atoms with Crippen LogP contribution in [0.2, 0.25) is 0 Å². The molecule has 1 aromatic rings. The monoisotopic (exact) mass is 338 g/mol. The smallest absolute Gasteiger partial charge is 0 e. The predicted octanol–water partition coefficient (Wildman–Crippen LogP) is 2.76. The van der Waals surface area contributed by atoms with Gasteiger partial charge in [-0.05, 0) is 12.8 Å². The summed E-state index contributed by atoms with van der Waals surface area (Å²) < 4.78 is 22.5. The van der Waals surface area contributed by atoms with Gasteiger partial charge in [-0.2, -0.15) is 0 Å². The minimum Gasteiger partial charge on any atom is 0 e. The normalized spacial score (nSPS) is 15.1.